The van der Waals surface area contributed by atoms with E-state index >= 15 is 0 Å². The number of rotatable bonds is 3. The standard InChI is InChI=1S/C14H12B3FN4O/c15-7-13(23)9-3-8(21-11-1-2-19-6-10(11)18)5-20-12(9)4-14(16,17)22-13/h1-3,5-6,22-23H,4,7H2,(H,19,21). The second-order valence-electron chi connectivity index (χ2n) is 5.61. The number of hydrogen-bond donors (Lipinski definition) is 3. The molecule has 0 aromatic carbocycles. The number of nitrogens with one attached hydrogen (secondary N) is 2. The lowest BCUT2D eigenvalue weighted by Gasteiger charge is -2.44. The van der Waals surface area contributed by atoms with Gasteiger partial charge in [-0.1, -0.05) is 0 Å². The smallest absolute Gasteiger partial charge is 0.164 e. The van der Waals surface area contributed by atoms with E-state index in [1.807, 2.05) is 0 Å². The lowest BCUT2D eigenvalue weighted by molar-refractivity contribution is 0.00334. The fraction of sp³-hybridized carbons (Fsp3) is 0.286. The van der Waals surface area contributed by atoms with Gasteiger partial charge in [0, 0.05) is 17.5 Å². The molecule has 1 aliphatic heterocycles. The van der Waals surface area contributed by atoms with Crippen molar-refractivity contribution in [3.05, 3.63) is 47.8 Å². The molecule has 6 radical (unpaired) electrons. The molecule has 0 fully saturated rings. The SMILES string of the molecule is [B]CC1(O)NC([B])([B])Cc2ncc(Nc3ccncc3F)cc21. The van der Waals surface area contributed by atoms with Crippen LogP contribution in [0.25, 0.3) is 0 Å². The number of fused-ring (bicyclic) bond motifs is 1. The first kappa shape index (κ1) is 16.0. The minimum Gasteiger partial charge on any atom is -0.372 e. The van der Waals surface area contributed by atoms with Gasteiger partial charge in [0.25, 0.3) is 0 Å². The predicted molar refractivity (Wildman–Crippen MR) is 87.3 cm³/mol. The van der Waals surface area contributed by atoms with Gasteiger partial charge in [-0.25, -0.2) is 4.39 Å². The summed E-state index contributed by atoms with van der Waals surface area (Å²) < 4.78 is 13.7. The molecule has 3 heterocycles. The summed E-state index contributed by atoms with van der Waals surface area (Å²) in [5.74, 6) is -0.500. The van der Waals surface area contributed by atoms with Crippen molar-refractivity contribution >= 4 is 34.9 Å². The first-order valence-electron chi connectivity index (χ1n) is 6.98. The quantitative estimate of drug-likeness (QED) is 0.708. The van der Waals surface area contributed by atoms with Crippen LogP contribution in [0.1, 0.15) is 11.3 Å². The highest BCUT2D eigenvalue weighted by molar-refractivity contribution is 6.40. The Kier molecular flexibility index (Phi) is 3.94. The van der Waals surface area contributed by atoms with Gasteiger partial charge in [-0.05, 0) is 30.2 Å². The summed E-state index contributed by atoms with van der Waals surface area (Å²) in [5.41, 5.74) is 0.102. The topological polar surface area (TPSA) is 70.1 Å². The van der Waals surface area contributed by atoms with E-state index in [1.165, 1.54) is 18.5 Å². The maximum atomic E-state index is 13.7. The predicted octanol–water partition coefficient (Wildman–Crippen LogP) is 0.228. The Labute approximate surface area is 137 Å². The van der Waals surface area contributed by atoms with Gasteiger partial charge in [-0.2, -0.15) is 0 Å². The van der Waals surface area contributed by atoms with Gasteiger partial charge in [0.05, 0.1) is 47.3 Å². The maximum Gasteiger partial charge on any atom is 0.164 e. The first-order chi connectivity index (χ1) is 10.8. The molecular formula is C14H12B3FN4O. The molecule has 0 aliphatic carbocycles. The Balaban J connectivity index is 1.99. The van der Waals surface area contributed by atoms with Crippen LogP contribution in [0.3, 0.4) is 0 Å². The molecule has 2 aromatic heterocycles. The second kappa shape index (κ2) is 5.65. The summed E-state index contributed by atoms with van der Waals surface area (Å²) in [6.07, 6.45) is 4.14. The highest BCUT2D eigenvalue weighted by Crippen LogP contribution is 2.34. The van der Waals surface area contributed by atoms with Gasteiger partial charge >= 0.3 is 0 Å². The molecule has 3 rings (SSSR count). The fourth-order valence-electron chi connectivity index (χ4n) is 2.63. The van der Waals surface area contributed by atoms with Crippen molar-refractivity contribution in [2.24, 2.45) is 0 Å². The largest absolute Gasteiger partial charge is 0.372 e. The van der Waals surface area contributed by atoms with Crippen LogP contribution >= 0.6 is 0 Å². The molecule has 23 heavy (non-hydrogen) atoms. The van der Waals surface area contributed by atoms with Gasteiger partial charge in [0.1, 0.15) is 5.72 Å². The number of nitrogens with zero attached hydrogens (tertiary/aromatic N) is 2. The third kappa shape index (κ3) is 3.11. The lowest BCUT2D eigenvalue weighted by atomic mass is 9.56. The van der Waals surface area contributed by atoms with E-state index in [1.54, 1.807) is 6.07 Å². The highest BCUT2D eigenvalue weighted by atomic mass is 19.1. The molecular weight excluding hydrogens is 292 g/mol. The van der Waals surface area contributed by atoms with E-state index in [0.717, 1.165) is 6.20 Å². The van der Waals surface area contributed by atoms with Crippen LogP contribution in [0.5, 0.6) is 0 Å². The van der Waals surface area contributed by atoms with Crippen LogP contribution in [0, 0.1) is 5.82 Å². The van der Waals surface area contributed by atoms with Gasteiger partial charge < -0.3 is 10.4 Å². The molecule has 0 saturated carbocycles. The van der Waals surface area contributed by atoms with Crippen LogP contribution in [0.2, 0.25) is 6.32 Å². The third-order valence-electron chi connectivity index (χ3n) is 3.66. The average Bonchev–Trinajstić information content (AvgIpc) is 2.49. The van der Waals surface area contributed by atoms with Crippen molar-refractivity contribution in [2.45, 2.75) is 23.8 Å². The normalized spacial score (nSPS) is 22.3. The number of anilines is 2. The fourth-order valence-corrected chi connectivity index (χ4v) is 2.63. The number of halogens is 1. The molecule has 0 bridgehead atoms. The Morgan fingerprint density at radius 3 is 2.87 bits per heavy atom. The van der Waals surface area contributed by atoms with E-state index in [9.17, 15) is 9.50 Å². The molecule has 0 saturated heterocycles. The molecule has 2 aromatic rings. The van der Waals surface area contributed by atoms with Crippen molar-refractivity contribution in [3.63, 3.8) is 0 Å². The number of aliphatic hydroxyl groups is 1. The zero-order valence-electron chi connectivity index (χ0n) is 12.3. The summed E-state index contributed by atoms with van der Waals surface area (Å²) in [6, 6.07) is 3.13. The van der Waals surface area contributed by atoms with Crippen molar-refractivity contribution in [1.29, 1.82) is 0 Å². The van der Waals surface area contributed by atoms with Gasteiger partial charge in [-0.3, -0.25) is 15.3 Å². The van der Waals surface area contributed by atoms with Crippen molar-refractivity contribution < 1.29 is 9.50 Å². The summed E-state index contributed by atoms with van der Waals surface area (Å²) in [6.45, 7) is 0. The monoisotopic (exact) mass is 304 g/mol. The summed E-state index contributed by atoms with van der Waals surface area (Å²) in [5, 5.41) is 14.9. The number of aromatic nitrogens is 2. The molecule has 9 heteroatoms. The van der Waals surface area contributed by atoms with Crippen molar-refractivity contribution in [3.8, 4) is 0 Å². The molecule has 5 nitrogen and oxygen atoms in total. The Morgan fingerprint density at radius 1 is 1.39 bits per heavy atom. The van der Waals surface area contributed by atoms with Crippen LogP contribution in [0.4, 0.5) is 15.8 Å². The molecule has 110 valence electrons. The zero-order chi connectivity index (χ0) is 16.7. The van der Waals surface area contributed by atoms with Crippen LogP contribution in [-0.4, -0.2) is 44.0 Å². The Hall–Kier alpha value is -1.86. The molecule has 0 amide bonds. The lowest BCUT2D eigenvalue weighted by Crippen LogP contribution is -2.62. The molecule has 1 atom stereocenters. The van der Waals surface area contributed by atoms with Gasteiger partial charge in [0.15, 0.2) is 5.82 Å². The second-order valence-corrected chi connectivity index (χ2v) is 5.61. The van der Waals surface area contributed by atoms with Gasteiger partial charge in [-0.15, -0.1) is 0 Å². The number of pyridine rings is 2. The molecule has 1 aliphatic rings. The summed E-state index contributed by atoms with van der Waals surface area (Å²) in [4.78, 5) is 7.95. The van der Waals surface area contributed by atoms with E-state index in [4.69, 9.17) is 23.5 Å². The minimum absolute atomic E-state index is 0.148. The maximum absolute atomic E-state index is 13.7. The first-order valence-corrected chi connectivity index (χ1v) is 6.98. The van der Waals surface area contributed by atoms with E-state index < -0.39 is 16.9 Å². The molecule has 0 spiro atoms. The Bertz CT molecular complexity index is 746. The van der Waals surface area contributed by atoms with E-state index in [2.05, 4.69) is 20.6 Å². The van der Waals surface area contributed by atoms with Crippen LogP contribution in [0.15, 0.2) is 30.7 Å². The average molecular weight is 304 g/mol. The minimum atomic E-state index is -1.61. The van der Waals surface area contributed by atoms with Crippen molar-refractivity contribution in [2.75, 3.05) is 5.32 Å². The third-order valence-corrected chi connectivity index (χ3v) is 3.66. The highest BCUT2D eigenvalue weighted by Gasteiger charge is 2.40. The zero-order valence-corrected chi connectivity index (χ0v) is 12.3. The molecule has 3 N–H and O–H groups in total. The van der Waals surface area contributed by atoms with E-state index in [-0.39, 0.29) is 18.4 Å². The van der Waals surface area contributed by atoms with Gasteiger partial charge in [0.2, 0.25) is 0 Å². The van der Waals surface area contributed by atoms with Crippen molar-refractivity contribution in [1.82, 2.24) is 15.3 Å². The van der Waals surface area contributed by atoms with E-state index in [0.29, 0.717) is 16.9 Å². The van der Waals surface area contributed by atoms with Crippen LogP contribution < -0.4 is 10.6 Å². The number of hydrogen-bond acceptors (Lipinski definition) is 5. The Morgan fingerprint density at radius 2 is 2.17 bits per heavy atom. The van der Waals surface area contributed by atoms with Crippen LogP contribution in [-0.2, 0) is 12.1 Å². The summed E-state index contributed by atoms with van der Waals surface area (Å²) in [7, 11) is 17.4. The summed E-state index contributed by atoms with van der Waals surface area (Å²) >= 11 is 0. The molecule has 1 unspecified atom stereocenters.